The number of ether oxygens (including phenoxy) is 2. The molecule has 0 spiro atoms. The van der Waals surface area contributed by atoms with E-state index in [2.05, 4.69) is 5.32 Å². The normalized spacial score (nSPS) is 10.2. The average Bonchev–Trinajstić information content (AvgIpc) is 3.00. The van der Waals surface area contributed by atoms with Crippen molar-refractivity contribution in [2.45, 2.75) is 12.8 Å². The lowest BCUT2D eigenvalue weighted by molar-refractivity contribution is -0.116. The number of hydrogen-bond acceptors (Lipinski definition) is 5. The lowest BCUT2D eigenvalue weighted by Crippen LogP contribution is -2.16. The fourth-order valence-electron chi connectivity index (χ4n) is 2.11. The first-order valence-electron chi connectivity index (χ1n) is 6.93. The third-order valence-corrected chi connectivity index (χ3v) is 4.12. The van der Waals surface area contributed by atoms with E-state index in [1.807, 2.05) is 6.07 Å². The predicted octanol–water partition coefficient (Wildman–Crippen LogP) is 2.44. The van der Waals surface area contributed by atoms with Gasteiger partial charge in [0.25, 0.3) is 5.91 Å². The Morgan fingerprint density at radius 3 is 2.65 bits per heavy atom. The number of aryl methyl sites for hydroxylation is 1. The molecule has 0 bridgehead atoms. The van der Waals surface area contributed by atoms with Gasteiger partial charge in [-0.3, -0.25) is 9.59 Å². The molecule has 1 aromatic carbocycles. The summed E-state index contributed by atoms with van der Waals surface area (Å²) in [4.78, 5) is 23.3. The van der Waals surface area contributed by atoms with E-state index >= 15 is 0 Å². The summed E-state index contributed by atoms with van der Waals surface area (Å²) in [6, 6.07) is 7.03. The minimum atomic E-state index is -0.559. The monoisotopic (exact) mass is 334 g/mol. The number of primary amides is 1. The van der Waals surface area contributed by atoms with Crippen LogP contribution in [0.5, 0.6) is 11.5 Å². The Morgan fingerprint density at radius 2 is 2.00 bits per heavy atom. The number of thiophene rings is 1. The van der Waals surface area contributed by atoms with Gasteiger partial charge in [0, 0.05) is 6.42 Å². The van der Waals surface area contributed by atoms with Crippen LogP contribution >= 0.6 is 11.3 Å². The Kier molecular flexibility index (Phi) is 5.59. The number of benzene rings is 1. The van der Waals surface area contributed by atoms with Crippen LogP contribution in [-0.2, 0) is 11.2 Å². The quantitative estimate of drug-likeness (QED) is 0.813. The van der Waals surface area contributed by atoms with Crippen molar-refractivity contribution < 1.29 is 19.1 Å². The van der Waals surface area contributed by atoms with E-state index in [1.165, 1.54) is 11.3 Å². The van der Waals surface area contributed by atoms with Gasteiger partial charge < -0.3 is 20.5 Å². The van der Waals surface area contributed by atoms with E-state index in [0.717, 1.165) is 5.56 Å². The fraction of sp³-hybridized carbons (Fsp3) is 0.250. The van der Waals surface area contributed by atoms with Gasteiger partial charge in [0.05, 0.1) is 19.8 Å². The lowest BCUT2D eigenvalue weighted by Gasteiger charge is -2.10. The molecule has 3 N–H and O–H groups in total. The van der Waals surface area contributed by atoms with Gasteiger partial charge in [0.2, 0.25) is 5.91 Å². The molecule has 0 fully saturated rings. The number of amides is 2. The third kappa shape index (κ3) is 4.23. The summed E-state index contributed by atoms with van der Waals surface area (Å²) in [5.41, 5.74) is 6.46. The number of nitrogens with one attached hydrogen (secondary N) is 1. The number of nitrogens with two attached hydrogens (primary N) is 1. The summed E-state index contributed by atoms with van der Waals surface area (Å²) in [5.74, 6) is 0.652. The molecule has 122 valence electrons. The zero-order valence-electron chi connectivity index (χ0n) is 12.9. The first-order valence-corrected chi connectivity index (χ1v) is 7.81. The molecule has 0 radical (unpaired) electrons. The number of methoxy groups -OCH3 is 2. The van der Waals surface area contributed by atoms with E-state index < -0.39 is 5.91 Å². The second kappa shape index (κ2) is 7.64. The molecular formula is C16H18N2O4S. The highest BCUT2D eigenvalue weighted by molar-refractivity contribution is 7.14. The molecule has 2 rings (SSSR count). The predicted molar refractivity (Wildman–Crippen MR) is 89.3 cm³/mol. The molecule has 0 unspecified atom stereocenters. The van der Waals surface area contributed by atoms with Crippen LogP contribution < -0.4 is 20.5 Å². The van der Waals surface area contributed by atoms with Gasteiger partial charge in [-0.25, -0.2) is 0 Å². The molecule has 23 heavy (non-hydrogen) atoms. The molecule has 0 aliphatic carbocycles. The molecule has 2 amide bonds. The Labute approximate surface area is 138 Å². The zero-order chi connectivity index (χ0) is 16.8. The lowest BCUT2D eigenvalue weighted by atomic mass is 10.1. The van der Waals surface area contributed by atoms with Crippen molar-refractivity contribution in [2.75, 3.05) is 19.5 Å². The van der Waals surface area contributed by atoms with Gasteiger partial charge in [-0.1, -0.05) is 0 Å². The van der Waals surface area contributed by atoms with Crippen LogP contribution in [0.25, 0.3) is 0 Å². The second-order valence-corrected chi connectivity index (χ2v) is 5.67. The van der Waals surface area contributed by atoms with Crippen LogP contribution in [0.15, 0.2) is 29.6 Å². The van der Waals surface area contributed by atoms with Crippen LogP contribution in [0, 0.1) is 0 Å². The number of rotatable bonds is 7. The van der Waals surface area contributed by atoms with Crippen LogP contribution in [0.4, 0.5) is 5.00 Å². The van der Waals surface area contributed by atoms with Gasteiger partial charge >= 0.3 is 0 Å². The summed E-state index contributed by atoms with van der Waals surface area (Å²) in [5, 5.41) is 4.90. The van der Waals surface area contributed by atoms with E-state index in [9.17, 15) is 9.59 Å². The van der Waals surface area contributed by atoms with Crippen molar-refractivity contribution in [3.63, 3.8) is 0 Å². The molecule has 0 atom stereocenters. The van der Waals surface area contributed by atoms with E-state index in [-0.39, 0.29) is 12.3 Å². The molecule has 7 heteroatoms. The van der Waals surface area contributed by atoms with Crippen molar-refractivity contribution in [3.05, 3.63) is 40.8 Å². The van der Waals surface area contributed by atoms with Crippen molar-refractivity contribution in [2.24, 2.45) is 5.73 Å². The first-order chi connectivity index (χ1) is 11.0. The minimum absolute atomic E-state index is 0.195. The third-order valence-electron chi connectivity index (χ3n) is 3.29. The number of carbonyl (C=O) groups is 2. The largest absolute Gasteiger partial charge is 0.497 e. The summed E-state index contributed by atoms with van der Waals surface area (Å²) < 4.78 is 10.5. The molecule has 0 saturated heterocycles. The summed E-state index contributed by atoms with van der Waals surface area (Å²) in [6.07, 6.45) is 0.739. The van der Waals surface area contributed by atoms with Crippen LogP contribution in [0.1, 0.15) is 22.3 Å². The molecule has 0 aliphatic heterocycles. The average molecular weight is 334 g/mol. The maximum absolute atomic E-state index is 12.1. The minimum Gasteiger partial charge on any atom is -0.497 e. The molecule has 0 saturated carbocycles. The molecule has 6 nitrogen and oxygen atoms in total. The molecular weight excluding hydrogens is 316 g/mol. The highest BCUT2D eigenvalue weighted by atomic mass is 32.1. The smallest absolute Gasteiger partial charge is 0.251 e. The fourth-order valence-corrected chi connectivity index (χ4v) is 2.92. The Morgan fingerprint density at radius 1 is 1.22 bits per heavy atom. The number of anilines is 1. The van der Waals surface area contributed by atoms with Crippen molar-refractivity contribution in [3.8, 4) is 11.5 Å². The highest BCUT2D eigenvalue weighted by Crippen LogP contribution is 2.26. The van der Waals surface area contributed by atoms with Crippen molar-refractivity contribution in [1.29, 1.82) is 0 Å². The second-order valence-electron chi connectivity index (χ2n) is 4.75. The van der Waals surface area contributed by atoms with Gasteiger partial charge in [-0.2, -0.15) is 0 Å². The Hall–Kier alpha value is -2.54. The zero-order valence-corrected chi connectivity index (χ0v) is 13.7. The number of carbonyl (C=O) groups excluding carboxylic acids is 2. The van der Waals surface area contributed by atoms with Gasteiger partial charge in [0.1, 0.15) is 16.5 Å². The van der Waals surface area contributed by atoms with E-state index in [1.54, 1.807) is 37.8 Å². The van der Waals surface area contributed by atoms with E-state index in [4.69, 9.17) is 15.2 Å². The topological polar surface area (TPSA) is 90.7 Å². The van der Waals surface area contributed by atoms with Crippen molar-refractivity contribution in [1.82, 2.24) is 0 Å². The molecule has 1 aromatic heterocycles. The van der Waals surface area contributed by atoms with E-state index in [0.29, 0.717) is 28.5 Å². The maximum Gasteiger partial charge on any atom is 0.251 e. The summed E-state index contributed by atoms with van der Waals surface area (Å²) in [7, 11) is 3.16. The molecule has 2 aromatic rings. The van der Waals surface area contributed by atoms with Gasteiger partial charge in [0.15, 0.2) is 0 Å². The maximum atomic E-state index is 12.1. The summed E-state index contributed by atoms with van der Waals surface area (Å²) >= 11 is 1.26. The van der Waals surface area contributed by atoms with Crippen LogP contribution in [0.2, 0.25) is 0 Å². The van der Waals surface area contributed by atoms with Gasteiger partial charge in [-0.05, 0) is 41.6 Å². The van der Waals surface area contributed by atoms with Crippen LogP contribution in [0.3, 0.4) is 0 Å². The Balaban J connectivity index is 2.02. The standard InChI is InChI=1S/C16H18N2O4S/c1-21-11-4-5-13(22-2)10(9-11)3-6-14(19)18-16-12(15(17)20)7-8-23-16/h4-5,7-9H,3,6H2,1-2H3,(H2,17,20)(H,18,19). The number of hydrogen-bond donors (Lipinski definition) is 2. The Bertz CT molecular complexity index is 712. The highest BCUT2D eigenvalue weighted by Gasteiger charge is 2.13. The first kappa shape index (κ1) is 16.8. The van der Waals surface area contributed by atoms with Gasteiger partial charge in [-0.15, -0.1) is 11.3 Å². The summed E-state index contributed by atoms with van der Waals surface area (Å²) in [6.45, 7) is 0. The van der Waals surface area contributed by atoms with Crippen LogP contribution in [-0.4, -0.2) is 26.0 Å². The molecule has 1 heterocycles. The van der Waals surface area contributed by atoms with Crippen molar-refractivity contribution >= 4 is 28.2 Å². The molecule has 0 aliphatic rings. The SMILES string of the molecule is COc1ccc(OC)c(CCC(=O)Nc2sccc2C(N)=O)c1.